The monoisotopic (exact) mass is 250 g/mol. The van der Waals surface area contributed by atoms with Gasteiger partial charge in [0.05, 0.1) is 7.11 Å². The lowest BCUT2D eigenvalue weighted by Gasteiger charge is -2.19. The van der Waals surface area contributed by atoms with Gasteiger partial charge in [-0.15, -0.1) is 0 Å². The molecule has 0 atom stereocenters. The smallest absolute Gasteiger partial charge is 0.415 e. The Morgan fingerprint density at radius 1 is 1.17 bits per heavy atom. The average Bonchev–Trinajstić information content (AvgIpc) is 2.68. The summed E-state index contributed by atoms with van der Waals surface area (Å²) in [5.41, 5.74) is 0. The van der Waals surface area contributed by atoms with E-state index >= 15 is 0 Å². The molecule has 1 aliphatic heterocycles. The van der Waals surface area contributed by atoms with Crippen LogP contribution in [0.15, 0.2) is 24.3 Å². The van der Waals surface area contributed by atoms with Gasteiger partial charge < -0.3 is 19.7 Å². The van der Waals surface area contributed by atoms with Gasteiger partial charge in [0.15, 0.2) is 0 Å². The van der Waals surface area contributed by atoms with Crippen LogP contribution in [-0.4, -0.2) is 44.3 Å². The lowest BCUT2D eigenvalue weighted by Crippen LogP contribution is -2.36. The molecule has 0 spiro atoms. The van der Waals surface area contributed by atoms with Crippen LogP contribution < -0.4 is 14.8 Å². The molecule has 1 aliphatic rings. The normalized spacial score (nSPS) is 15.9. The molecule has 1 heterocycles. The number of nitrogens with zero attached hydrogens (tertiary/aromatic N) is 1. The Hall–Kier alpha value is -1.75. The summed E-state index contributed by atoms with van der Waals surface area (Å²) in [4.78, 5) is 13.6. The van der Waals surface area contributed by atoms with E-state index in [1.54, 1.807) is 36.3 Å². The third-order valence-corrected chi connectivity index (χ3v) is 2.86. The lowest BCUT2D eigenvalue weighted by molar-refractivity contribution is 0.155. The Morgan fingerprint density at radius 3 is 2.61 bits per heavy atom. The van der Waals surface area contributed by atoms with E-state index in [1.165, 1.54) is 0 Å². The van der Waals surface area contributed by atoms with Gasteiger partial charge >= 0.3 is 6.09 Å². The van der Waals surface area contributed by atoms with Crippen molar-refractivity contribution in [3.05, 3.63) is 24.3 Å². The van der Waals surface area contributed by atoms with Crippen molar-refractivity contribution in [3.8, 4) is 11.5 Å². The molecule has 1 amide bonds. The highest BCUT2D eigenvalue weighted by atomic mass is 16.6. The Bertz CT molecular complexity index is 384. The van der Waals surface area contributed by atoms with Gasteiger partial charge in [0.1, 0.15) is 11.5 Å². The van der Waals surface area contributed by atoms with Crippen LogP contribution in [0.1, 0.15) is 6.42 Å². The van der Waals surface area contributed by atoms with Crippen molar-refractivity contribution in [2.75, 3.05) is 33.3 Å². The zero-order valence-electron chi connectivity index (χ0n) is 10.5. The van der Waals surface area contributed by atoms with Gasteiger partial charge in [0.25, 0.3) is 0 Å². The van der Waals surface area contributed by atoms with Gasteiger partial charge in [0, 0.05) is 19.6 Å². The molecule has 18 heavy (non-hydrogen) atoms. The first-order valence-electron chi connectivity index (χ1n) is 6.11. The second-order valence-corrected chi connectivity index (χ2v) is 4.13. The van der Waals surface area contributed by atoms with Gasteiger partial charge in [-0.25, -0.2) is 4.79 Å². The number of carbonyl (C=O) groups is 1. The summed E-state index contributed by atoms with van der Waals surface area (Å²) in [7, 11) is 1.60. The van der Waals surface area contributed by atoms with E-state index in [4.69, 9.17) is 9.47 Å². The van der Waals surface area contributed by atoms with Gasteiger partial charge in [-0.2, -0.15) is 0 Å². The molecule has 5 nitrogen and oxygen atoms in total. The van der Waals surface area contributed by atoms with Gasteiger partial charge in [-0.1, -0.05) is 0 Å². The molecule has 2 rings (SSSR count). The maximum Gasteiger partial charge on any atom is 0.415 e. The van der Waals surface area contributed by atoms with E-state index < -0.39 is 0 Å². The molecule has 1 N–H and O–H groups in total. The molecule has 0 saturated carbocycles. The molecule has 1 aromatic carbocycles. The summed E-state index contributed by atoms with van der Waals surface area (Å²) >= 11 is 0. The molecule has 5 heteroatoms. The van der Waals surface area contributed by atoms with Crippen molar-refractivity contribution in [1.82, 2.24) is 10.2 Å². The van der Waals surface area contributed by atoms with Crippen molar-refractivity contribution in [3.63, 3.8) is 0 Å². The Morgan fingerprint density at radius 2 is 1.89 bits per heavy atom. The Kier molecular flexibility index (Phi) is 4.41. The topological polar surface area (TPSA) is 50.8 Å². The molecule has 1 aromatic rings. The van der Waals surface area contributed by atoms with Crippen molar-refractivity contribution >= 4 is 6.09 Å². The lowest BCUT2D eigenvalue weighted by atomic mass is 10.3. The molecule has 1 fully saturated rings. The van der Waals surface area contributed by atoms with Crippen LogP contribution >= 0.6 is 0 Å². The predicted octanol–water partition coefficient (Wildman–Crippen LogP) is 1.49. The van der Waals surface area contributed by atoms with Crippen molar-refractivity contribution in [2.24, 2.45) is 0 Å². The van der Waals surface area contributed by atoms with Crippen LogP contribution in [0.4, 0.5) is 4.79 Å². The highest BCUT2D eigenvalue weighted by molar-refractivity contribution is 5.70. The second-order valence-electron chi connectivity index (χ2n) is 4.13. The molecular formula is C13H18N2O3. The van der Waals surface area contributed by atoms with Crippen LogP contribution in [0.3, 0.4) is 0 Å². The Labute approximate surface area is 107 Å². The number of amides is 1. The molecule has 98 valence electrons. The van der Waals surface area contributed by atoms with Crippen LogP contribution in [0.5, 0.6) is 11.5 Å². The number of hydrogen-bond acceptors (Lipinski definition) is 4. The summed E-state index contributed by atoms with van der Waals surface area (Å²) in [6.07, 6.45) is 0.668. The van der Waals surface area contributed by atoms with E-state index in [0.717, 1.165) is 31.8 Å². The fraction of sp³-hybridized carbons (Fsp3) is 0.462. The van der Waals surface area contributed by atoms with Gasteiger partial charge in [-0.3, -0.25) is 0 Å². The molecule has 0 radical (unpaired) electrons. The van der Waals surface area contributed by atoms with E-state index in [2.05, 4.69) is 5.32 Å². The maximum absolute atomic E-state index is 11.9. The number of methoxy groups -OCH3 is 1. The predicted molar refractivity (Wildman–Crippen MR) is 68.1 cm³/mol. The number of benzene rings is 1. The molecule has 0 unspecified atom stereocenters. The summed E-state index contributed by atoms with van der Waals surface area (Å²) in [5.74, 6) is 1.28. The molecule has 0 aromatic heterocycles. The first kappa shape index (κ1) is 12.7. The minimum atomic E-state index is -0.288. The first-order valence-corrected chi connectivity index (χ1v) is 6.11. The second kappa shape index (κ2) is 6.26. The fourth-order valence-electron chi connectivity index (χ4n) is 1.84. The Balaban J connectivity index is 1.92. The summed E-state index contributed by atoms with van der Waals surface area (Å²) in [6.45, 7) is 3.20. The van der Waals surface area contributed by atoms with E-state index in [1.807, 2.05) is 0 Å². The van der Waals surface area contributed by atoms with Crippen LogP contribution in [0.25, 0.3) is 0 Å². The minimum absolute atomic E-state index is 0.288. The summed E-state index contributed by atoms with van der Waals surface area (Å²) in [6, 6.07) is 7.00. The average molecular weight is 250 g/mol. The summed E-state index contributed by atoms with van der Waals surface area (Å²) in [5, 5.41) is 3.25. The number of hydrogen-bond donors (Lipinski definition) is 1. The largest absolute Gasteiger partial charge is 0.497 e. The third-order valence-electron chi connectivity index (χ3n) is 2.86. The van der Waals surface area contributed by atoms with E-state index in [9.17, 15) is 4.79 Å². The van der Waals surface area contributed by atoms with Crippen LogP contribution in [0.2, 0.25) is 0 Å². The van der Waals surface area contributed by atoms with E-state index in [0.29, 0.717) is 12.3 Å². The highest BCUT2D eigenvalue weighted by Crippen LogP contribution is 2.17. The molecule has 0 bridgehead atoms. The van der Waals surface area contributed by atoms with Crippen molar-refractivity contribution < 1.29 is 14.3 Å². The highest BCUT2D eigenvalue weighted by Gasteiger charge is 2.17. The van der Waals surface area contributed by atoms with E-state index in [-0.39, 0.29) is 6.09 Å². The van der Waals surface area contributed by atoms with Crippen molar-refractivity contribution in [1.29, 1.82) is 0 Å². The number of rotatable bonds is 2. The standard InChI is InChI=1S/C13H18N2O3/c1-17-11-3-5-12(6-4-11)18-13(16)15-9-2-7-14-8-10-15/h3-6,14H,2,7-10H2,1H3. The quantitative estimate of drug-likeness (QED) is 0.864. The minimum Gasteiger partial charge on any atom is -0.497 e. The first-order chi connectivity index (χ1) is 8.79. The van der Waals surface area contributed by atoms with Crippen LogP contribution in [0, 0.1) is 0 Å². The maximum atomic E-state index is 11.9. The zero-order valence-corrected chi connectivity index (χ0v) is 10.5. The zero-order chi connectivity index (χ0) is 12.8. The molecule has 1 saturated heterocycles. The number of ether oxygens (including phenoxy) is 2. The SMILES string of the molecule is COc1ccc(OC(=O)N2CCCNCC2)cc1. The van der Waals surface area contributed by atoms with Gasteiger partial charge in [-0.05, 0) is 37.2 Å². The fourth-order valence-corrected chi connectivity index (χ4v) is 1.84. The van der Waals surface area contributed by atoms with Crippen molar-refractivity contribution in [2.45, 2.75) is 6.42 Å². The van der Waals surface area contributed by atoms with Gasteiger partial charge in [0.2, 0.25) is 0 Å². The van der Waals surface area contributed by atoms with Crippen LogP contribution in [-0.2, 0) is 0 Å². The third kappa shape index (κ3) is 3.37. The molecular weight excluding hydrogens is 232 g/mol. The molecule has 0 aliphatic carbocycles. The number of carbonyl (C=O) groups excluding carboxylic acids is 1. The summed E-state index contributed by atoms with van der Waals surface area (Å²) < 4.78 is 10.4. The number of nitrogens with one attached hydrogen (secondary N) is 1.